The average molecular weight is 215 g/mol. The van der Waals surface area contributed by atoms with Gasteiger partial charge in [-0.2, -0.15) is 0 Å². The SMILES string of the molecule is Cc1ccc2c(c1)C(NCC1CC1)CCC2. The molecular formula is C15H21N. The molecule has 1 nitrogen and oxygen atoms in total. The van der Waals surface area contributed by atoms with Gasteiger partial charge in [-0.25, -0.2) is 0 Å². The number of benzene rings is 1. The molecule has 1 saturated carbocycles. The molecule has 1 fully saturated rings. The number of aryl methyl sites for hydroxylation is 2. The highest BCUT2D eigenvalue weighted by atomic mass is 14.9. The zero-order chi connectivity index (χ0) is 11.0. The van der Waals surface area contributed by atoms with Crippen LogP contribution in [0.5, 0.6) is 0 Å². The maximum Gasteiger partial charge on any atom is 0.0323 e. The number of hydrogen-bond donors (Lipinski definition) is 1. The molecule has 86 valence electrons. The van der Waals surface area contributed by atoms with E-state index in [1.54, 1.807) is 11.1 Å². The minimum atomic E-state index is 0.629. The predicted octanol–water partition coefficient (Wildman–Crippen LogP) is 3.37. The van der Waals surface area contributed by atoms with Gasteiger partial charge in [-0.3, -0.25) is 0 Å². The van der Waals surface area contributed by atoms with Crippen molar-refractivity contribution in [1.29, 1.82) is 0 Å². The van der Waals surface area contributed by atoms with Gasteiger partial charge < -0.3 is 5.32 Å². The van der Waals surface area contributed by atoms with Crippen molar-refractivity contribution < 1.29 is 0 Å². The lowest BCUT2D eigenvalue weighted by atomic mass is 9.86. The van der Waals surface area contributed by atoms with Gasteiger partial charge in [0.1, 0.15) is 0 Å². The van der Waals surface area contributed by atoms with E-state index in [4.69, 9.17) is 0 Å². The van der Waals surface area contributed by atoms with Crippen LogP contribution in [-0.2, 0) is 6.42 Å². The van der Waals surface area contributed by atoms with Crippen LogP contribution in [0.25, 0.3) is 0 Å². The Hall–Kier alpha value is -0.820. The molecule has 2 aliphatic rings. The van der Waals surface area contributed by atoms with Gasteiger partial charge in [0.2, 0.25) is 0 Å². The number of hydrogen-bond acceptors (Lipinski definition) is 1. The van der Waals surface area contributed by atoms with Crippen LogP contribution in [0.15, 0.2) is 18.2 Å². The van der Waals surface area contributed by atoms with E-state index in [1.807, 2.05) is 0 Å². The third kappa shape index (κ3) is 2.15. The third-order valence-electron chi connectivity index (χ3n) is 3.97. The number of fused-ring (bicyclic) bond motifs is 1. The lowest BCUT2D eigenvalue weighted by Gasteiger charge is -2.27. The Morgan fingerprint density at radius 1 is 1.25 bits per heavy atom. The fraction of sp³-hybridized carbons (Fsp3) is 0.600. The van der Waals surface area contributed by atoms with E-state index >= 15 is 0 Å². The first-order valence-corrected chi connectivity index (χ1v) is 6.66. The van der Waals surface area contributed by atoms with E-state index in [9.17, 15) is 0 Å². The first-order chi connectivity index (χ1) is 7.83. The molecule has 3 rings (SSSR count). The predicted molar refractivity (Wildman–Crippen MR) is 67.6 cm³/mol. The summed E-state index contributed by atoms with van der Waals surface area (Å²) >= 11 is 0. The summed E-state index contributed by atoms with van der Waals surface area (Å²) in [6.07, 6.45) is 6.83. The van der Waals surface area contributed by atoms with Gasteiger partial charge in [-0.15, -0.1) is 0 Å². The lowest BCUT2D eigenvalue weighted by Crippen LogP contribution is -2.27. The largest absolute Gasteiger partial charge is 0.310 e. The second-order valence-electron chi connectivity index (χ2n) is 5.50. The van der Waals surface area contributed by atoms with E-state index in [-0.39, 0.29) is 0 Å². The minimum Gasteiger partial charge on any atom is -0.310 e. The Bertz CT molecular complexity index is 379. The highest BCUT2D eigenvalue weighted by Gasteiger charge is 2.24. The molecule has 1 atom stereocenters. The molecule has 0 amide bonds. The monoisotopic (exact) mass is 215 g/mol. The molecule has 1 aromatic rings. The van der Waals surface area contributed by atoms with Crippen molar-refractivity contribution in [1.82, 2.24) is 5.32 Å². The molecule has 1 unspecified atom stereocenters. The molecule has 0 heterocycles. The van der Waals surface area contributed by atoms with Crippen LogP contribution >= 0.6 is 0 Å². The van der Waals surface area contributed by atoms with Crippen molar-refractivity contribution in [3.63, 3.8) is 0 Å². The second-order valence-corrected chi connectivity index (χ2v) is 5.50. The van der Waals surface area contributed by atoms with E-state index in [1.165, 1.54) is 44.2 Å². The first-order valence-electron chi connectivity index (χ1n) is 6.66. The molecule has 0 bridgehead atoms. The third-order valence-corrected chi connectivity index (χ3v) is 3.97. The maximum atomic E-state index is 3.77. The molecule has 0 aromatic heterocycles. The van der Waals surface area contributed by atoms with E-state index in [2.05, 4.69) is 30.4 Å². The van der Waals surface area contributed by atoms with Crippen molar-refractivity contribution >= 4 is 0 Å². The Labute approximate surface area is 98.3 Å². The molecular weight excluding hydrogens is 194 g/mol. The van der Waals surface area contributed by atoms with Gasteiger partial charge in [0.15, 0.2) is 0 Å². The normalized spacial score (nSPS) is 24.2. The van der Waals surface area contributed by atoms with Crippen LogP contribution in [0.3, 0.4) is 0 Å². The molecule has 0 radical (unpaired) electrons. The van der Waals surface area contributed by atoms with Crippen molar-refractivity contribution in [3.8, 4) is 0 Å². The van der Waals surface area contributed by atoms with Crippen LogP contribution in [0.1, 0.15) is 48.4 Å². The smallest absolute Gasteiger partial charge is 0.0323 e. The van der Waals surface area contributed by atoms with Gasteiger partial charge >= 0.3 is 0 Å². The number of nitrogens with one attached hydrogen (secondary N) is 1. The summed E-state index contributed by atoms with van der Waals surface area (Å²) in [5, 5.41) is 3.77. The van der Waals surface area contributed by atoms with Gasteiger partial charge in [-0.05, 0) is 62.6 Å². The topological polar surface area (TPSA) is 12.0 Å². The maximum absolute atomic E-state index is 3.77. The summed E-state index contributed by atoms with van der Waals surface area (Å²) in [6.45, 7) is 3.44. The Kier molecular flexibility index (Phi) is 2.72. The molecule has 0 aliphatic heterocycles. The van der Waals surface area contributed by atoms with Gasteiger partial charge in [-0.1, -0.05) is 23.8 Å². The summed E-state index contributed by atoms with van der Waals surface area (Å²) in [6, 6.07) is 7.60. The Balaban J connectivity index is 1.77. The summed E-state index contributed by atoms with van der Waals surface area (Å²) in [5.41, 5.74) is 4.55. The summed E-state index contributed by atoms with van der Waals surface area (Å²) in [5.74, 6) is 0.982. The zero-order valence-corrected chi connectivity index (χ0v) is 10.1. The molecule has 0 spiro atoms. The summed E-state index contributed by atoms with van der Waals surface area (Å²) in [7, 11) is 0. The zero-order valence-electron chi connectivity index (χ0n) is 10.1. The molecule has 16 heavy (non-hydrogen) atoms. The average Bonchev–Trinajstić information content (AvgIpc) is 3.10. The van der Waals surface area contributed by atoms with E-state index < -0.39 is 0 Å². The van der Waals surface area contributed by atoms with Crippen LogP contribution in [0.4, 0.5) is 0 Å². The van der Waals surface area contributed by atoms with Crippen molar-refractivity contribution in [2.24, 2.45) is 5.92 Å². The van der Waals surface area contributed by atoms with E-state index in [0.717, 1.165) is 5.92 Å². The molecule has 1 aromatic carbocycles. The van der Waals surface area contributed by atoms with Crippen LogP contribution in [0.2, 0.25) is 0 Å². The van der Waals surface area contributed by atoms with Crippen molar-refractivity contribution in [3.05, 3.63) is 34.9 Å². The molecule has 1 heteroatoms. The summed E-state index contributed by atoms with van der Waals surface area (Å²) < 4.78 is 0. The van der Waals surface area contributed by atoms with Gasteiger partial charge in [0.25, 0.3) is 0 Å². The van der Waals surface area contributed by atoms with Crippen LogP contribution < -0.4 is 5.32 Å². The van der Waals surface area contributed by atoms with Crippen LogP contribution in [-0.4, -0.2) is 6.54 Å². The summed E-state index contributed by atoms with van der Waals surface area (Å²) in [4.78, 5) is 0. The molecule has 2 aliphatic carbocycles. The highest BCUT2D eigenvalue weighted by Crippen LogP contribution is 2.33. The second kappa shape index (κ2) is 4.21. The number of rotatable bonds is 3. The van der Waals surface area contributed by atoms with Gasteiger partial charge in [0.05, 0.1) is 0 Å². The van der Waals surface area contributed by atoms with Crippen LogP contribution in [0, 0.1) is 12.8 Å². The lowest BCUT2D eigenvalue weighted by molar-refractivity contribution is 0.450. The standard InChI is InChI=1S/C15H21N/c1-11-5-8-13-3-2-4-15(14(13)9-11)16-10-12-6-7-12/h5,8-9,12,15-16H,2-4,6-7,10H2,1H3. The van der Waals surface area contributed by atoms with Crippen molar-refractivity contribution in [2.45, 2.75) is 45.1 Å². The fourth-order valence-electron chi connectivity index (χ4n) is 2.76. The highest BCUT2D eigenvalue weighted by molar-refractivity contribution is 5.35. The quantitative estimate of drug-likeness (QED) is 0.815. The molecule has 1 N–H and O–H groups in total. The Morgan fingerprint density at radius 3 is 2.94 bits per heavy atom. The van der Waals surface area contributed by atoms with E-state index in [0.29, 0.717) is 6.04 Å². The Morgan fingerprint density at radius 2 is 2.12 bits per heavy atom. The first kappa shape index (κ1) is 10.3. The van der Waals surface area contributed by atoms with Gasteiger partial charge in [0, 0.05) is 6.04 Å². The minimum absolute atomic E-state index is 0.629. The fourth-order valence-corrected chi connectivity index (χ4v) is 2.76. The van der Waals surface area contributed by atoms with Crippen molar-refractivity contribution in [2.75, 3.05) is 6.54 Å². The molecule has 0 saturated heterocycles.